The van der Waals surface area contributed by atoms with Crippen molar-refractivity contribution < 1.29 is 9.90 Å². The Morgan fingerprint density at radius 2 is 2.19 bits per heavy atom. The maximum atomic E-state index is 11.9. The molecule has 0 aromatic heterocycles. The summed E-state index contributed by atoms with van der Waals surface area (Å²) in [7, 11) is 0. The molecule has 86 valence electrons. The highest BCUT2D eigenvalue weighted by Gasteiger charge is 2.33. The Labute approximate surface area is 95.5 Å². The fourth-order valence-corrected chi connectivity index (χ4v) is 1.95. The molecule has 1 aliphatic rings. The number of hydrogen-bond donors (Lipinski definition) is 2. The number of fused-ring (bicyclic) bond motifs is 1. The van der Waals surface area contributed by atoms with Gasteiger partial charge >= 0.3 is 0 Å². The predicted molar refractivity (Wildman–Crippen MR) is 62.2 cm³/mol. The number of carbonyl (C=O) groups is 1. The standard InChI is InChI=1S/C13H17NO2/c1-13(2,8-15)14-12(16)11-7-9-5-3-4-6-10(9)11/h3-6,11,15H,7-8H2,1-2H3,(H,14,16). The molecule has 1 amide bonds. The van der Waals surface area contributed by atoms with E-state index >= 15 is 0 Å². The summed E-state index contributed by atoms with van der Waals surface area (Å²) >= 11 is 0. The fourth-order valence-electron chi connectivity index (χ4n) is 1.95. The first-order valence-corrected chi connectivity index (χ1v) is 5.54. The molecule has 1 aromatic carbocycles. The monoisotopic (exact) mass is 219 g/mol. The van der Waals surface area contributed by atoms with Gasteiger partial charge in [0.1, 0.15) is 0 Å². The molecular weight excluding hydrogens is 202 g/mol. The van der Waals surface area contributed by atoms with Gasteiger partial charge in [-0.15, -0.1) is 0 Å². The van der Waals surface area contributed by atoms with Crippen molar-refractivity contribution in [3.8, 4) is 0 Å². The second-order valence-electron chi connectivity index (χ2n) is 4.99. The van der Waals surface area contributed by atoms with E-state index in [4.69, 9.17) is 5.11 Å². The molecule has 0 radical (unpaired) electrons. The summed E-state index contributed by atoms with van der Waals surface area (Å²) in [6, 6.07) is 7.99. The van der Waals surface area contributed by atoms with E-state index in [1.165, 1.54) is 5.56 Å². The molecule has 0 aliphatic heterocycles. The Kier molecular flexibility index (Phi) is 2.72. The van der Waals surface area contributed by atoms with Crippen LogP contribution in [0.1, 0.15) is 30.9 Å². The van der Waals surface area contributed by atoms with Gasteiger partial charge in [0.2, 0.25) is 5.91 Å². The average Bonchev–Trinajstić information content (AvgIpc) is 2.19. The first kappa shape index (κ1) is 11.1. The summed E-state index contributed by atoms with van der Waals surface area (Å²) < 4.78 is 0. The van der Waals surface area contributed by atoms with Gasteiger partial charge in [-0.05, 0) is 31.4 Å². The van der Waals surface area contributed by atoms with E-state index in [9.17, 15) is 4.79 Å². The Morgan fingerprint density at radius 3 is 2.81 bits per heavy atom. The fraction of sp³-hybridized carbons (Fsp3) is 0.462. The van der Waals surface area contributed by atoms with Crippen molar-refractivity contribution in [2.45, 2.75) is 31.7 Å². The van der Waals surface area contributed by atoms with Gasteiger partial charge < -0.3 is 10.4 Å². The summed E-state index contributed by atoms with van der Waals surface area (Å²) in [5.41, 5.74) is 1.83. The number of aliphatic hydroxyl groups is 1. The molecule has 0 saturated heterocycles. The third-order valence-corrected chi connectivity index (χ3v) is 3.03. The molecule has 16 heavy (non-hydrogen) atoms. The van der Waals surface area contributed by atoms with Crippen LogP contribution < -0.4 is 5.32 Å². The summed E-state index contributed by atoms with van der Waals surface area (Å²) in [5.74, 6) is -0.0280. The van der Waals surface area contributed by atoms with Crippen molar-refractivity contribution in [2.75, 3.05) is 6.61 Å². The van der Waals surface area contributed by atoms with Crippen molar-refractivity contribution in [1.29, 1.82) is 0 Å². The van der Waals surface area contributed by atoms with Gasteiger partial charge in [-0.1, -0.05) is 24.3 Å². The van der Waals surface area contributed by atoms with Crippen molar-refractivity contribution in [1.82, 2.24) is 5.32 Å². The van der Waals surface area contributed by atoms with Crippen molar-refractivity contribution in [2.24, 2.45) is 0 Å². The zero-order valence-electron chi connectivity index (χ0n) is 9.66. The summed E-state index contributed by atoms with van der Waals surface area (Å²) in [6.45, 7) is 3.58. The lowest BCUT2D eigenvalue weighted by Crippen LogP contribution is -2.49. The lowest BCUT2D eigenvalue weighted by molar-refractivity contribution is -0.125. The number of carbonyl (C=O) groups excluding carboxylic acids is 1. The van der Waals surface area contributed by atoms with Gasteiger partial charge in [0, 0.05) is 0 Å². The van der Waals surface area contributed by atoms with Crippen LogP contribution in [0.3, 0.4) is 0 Å². The molecule has 1 aromatic rings. The van der Waals surface area contributed by atoms with Crippen LogP contribution in [-0.2, 0) is 11.2 Å². The van der Waals surface area contributed by atoms with E-state index in [2.05, 4.69) is 11.4 Å². The molecule has 1 atom stereocenters. The lowest BCUT2D eigenvalue weighted by Gasteiger charge is -2.32. The van der Waals surface area contributed by atoms with Gasteiger partial charge in [0.05, 0.1) is 18.1 Å². The lowest BCUT2D eigenvalue weighted by atomic mass is 9.77. The Balaban J connectivity index is 2.05. The summed E-state index contributed by atoms with van der Waals surface area (Å²) in [4.78, 5) is 11.9. The third kappa shape index (κ3) is 1.95. The molecule has 1 aliphatic carbocycles. The smallest absolute Gasteiger partial charge is 0.228 e. The van der Waals surface area contributed by atoms with Crippen LogP contribution in [0.2, 0.25) is 0 Å². The molecule has 0 heterocycles. The Bertz CT molecular complexity index is 412. The molecule has 2 N–H and O–H groups in total. The van der Waals surface area contributed by atoms with Crippen LogP contribution in [0, 0.1) is 0 Å². The molecule has 3 nitrogen and oxygen atoms in total. The minimum Gasteiger partial charge on any atom is -0.394 e. The van der Waals surface area contributed by atoms with Crippen LogP contribution in [0.15, 0.2) is 24.3 Å². The van der Waals surface area contributed by atoms with E-state index in [-0.39, 0.29) is 18.4 Å². The zero-order valence-corrected chi connectivity index (χ0v) is 9.66. The normalized spacial score (nSPS) is 18.6. The number of nitrogens with one attached hydrogen (secondary N) is 1. The van der Waals surface area contributed by atoms with Gasteiger partial charge in [-0.25, -0.2) is 0 Å². The van der Waals surface area contributed by atoms with Gasteiger partial charge in [-0.2, -0.15) is 0 Å². The van der Waals surface area contributed by atoms with E-state index in [0.717, 1.165) is 12.0 Å². The SMILES string of the molecule is CC(C)(CO)NC(=O)C1Cc2ccccc21. The second kappa shape index (κ2) is 3.91. The van der Waals surface area contributed by atoms with Crippen LogP contribution in [0.4, 0.5) is 0 Å². The summed E-state index contributed by atoms with van der Waals surface area (Å²) in [6.07, 6.45) is 0.809. The third-order valence-electron chi connectivity index (χ3n) is 3.03. The maximum Gasteiger partial charge on any atom is 0.228 e. The predicted octanol–water partition coefficient (Wildman–Crippen LogP) is 1.21. The first-order valence-electron chi connectivity index (χ1n) is 5.54. The van der Waals surface area contributed by atoms with E-state index in [0.29, 0.717) is 0 Å². The highest BCUT2D eigenvalue weighted by atomic mass is 16.3. The highest BCUT2D eigenvalue weighted by Crippen LogP contribution is 2.35. The molecule has 0 spiro atoms. The number of aliphatic hydroxyl groups excluding tert-OH is 1. The number of rotatable bonds is 3. The molecule has 3 heteroatoms. The van der Waals surface area contributed by atoms with E-state index in [1.54, 1.807) is 0 Å². The van der Waals surface area contributed by atoms with Gasteiger partial charge in [0.15, 0.2) is 0 Å². The van der Waals surface area contributed by atoms with Crippen LogP contribution in [0.5, 0.6) is 0 Å². The Morgan fingerprint density at radius 1 is 1.50 bits per heavy atom. The maximum absolute atomic E-state index is 11.9. The number of benzene rings is 1. The van der Waals surface area contributed by atoms with Crippen molar-refractivity contribution in [3.05, 3.63) is 35.4 Å². The van der Waals surface area contributed by atoms with Crippen LogP contribution in [0.25, 0.3) is 0 Å². The largest absolute Gasteiger partial charge is 0.394 e. The molecule has 1 unspecified atom stereocenters. The van der Waals surface area contributed by atoms with Crippen LogP contribution in [-0.4, -0.2) is 23.2 Å². The van der Waals surface area contributed by atoms with Crippen LogP contribution >= 0.6 is 0 Å². The highest BCUT2D eigenvalue weighted by molar-refractivity contribution is 5.87. The molecule has 0 saturated carbocycles. The molecule has 0 fully saturated rings. The summed E-state index contributed by atoms with van der Waals surface area (Å²) in [5, 5.41) is 12.0. The van der Waals surface area contributed by atoms with Crippen molar-refractivity contribution in [3.63, 3.8) is 0 Å². The van der Waals surface area contributed by atoms with E-state index in [1.807, 2.05) is 32.0 Å². The average molecular weight is 219 g/mol. The number of hydrogen-bond acceptors (Lipinski definition) is 2. The second-order valence-corrected chi connectivity index (χ2v) is 4.99. The first-order chi connectivity index (χ1) is 7.53. The molecule has 0 bridgehead atoms. The molecular formula is C13H17NO2. The topological polar surface area (TPSA) is 49.3 Å². The zero-order chi connectivity index (χ0) is 11.8. The Hall–Kier alpha value is -1.35. The van der Waals surface area contributed by atoms with E-state index < -0.39 is 5.54 Å². The van der Waals surface area contributed by atoms with Crippen molar-refractivity contribution >= 4 is 5.91 Å². The quantitative estimate of drug-likeness (QED) is 0.803. The minimum absolute atomic E-state index is 0.0118. The number of amides is 1. The van der Waals surface area contributed by atoms with Gasteiger partial charge in [-0.3, -0.25) is 4.79 Å². The molecule has 2 rings (SSSR count). The van der Waals surface area contributed by atoms with Gasteiger partial charge in [0.25, 0.3) is 0 Å². The minimum atomic E-state index is -0.540.